The lowest BCUT2D eigenvalue weighted by Crippen LogP contribution is -2.14. The van der Waals surface area contributed by atoms with Gasteiger partial charge in [-0.25, -0.2) is 4.79 Å². The lowest BCUT2D eigenvalue weighted by molar-refractivity contribution is -0.153. The molecule has 0 aliphatic carbocycles. The summed E-state index contributed by atoms with van der Waals surface area (Å²) in [7, 11) is 0. The van der Waals surface area contributed by atoms with Gasteiger partial charge in [-0.05, 0) is 6.42 Å². The Labute approximate surface area is 105 Å². The van der Waals surface area contributed by atoms with Crippen LogP contribution in [0.2, 0.25) is 0 Å². The smallest absolute Gasteiger partial charge is 0.374 e. The first-order chi connectivity index (χ1) is 8.18. The van der Waals surface area contributed by atoms with E-state index in [-0.39, 0.29) is 0 Å². The third kappa shape index (κ3) is 11.4. The molecule has 0 bridgehead atoms. The highest BCUT2D eigenvalue weighted by molar-refractivity contribution is 6.32. The van der Waals surface area contributed by atoms with Crippen LogP contribution in [-0.2, 0) is 14.3 Å². The lowest BCUT2D eigenvalue weighted by Gasteiger charge is -2.03. The first-order valence-corrected chi connectivity index (χ1v) is 6.86. The average Bonchev–Trinajstić information content (AvgIpc) is 2.31. The molecule has 0 aliphatic heterocycles. The SMILES string of the molecule is CCCCCCCCCCCOC(=O)C(C)=O. The molecule has 0 aliphatic rings. The minimum absolute atomic E-state index is 0.383. The van der Waals surface area contributed by atoms with E-state index in [2.05, 4.69) is 6.92 Å². The molecule has 0 amide bonds. The molecule has 0 aromatic carbocycles. The van der Waals surface area contributed by atoms with E-state index in [0.717, 1.165) is 12.8 Å². The normalized spacial score (nSPS) is 10.2. The number of carbonyl (C=O) groups excluding carboxylic acids is 2. The highest BCUT2D eigenvalue weighted by atomic mass is 16.5. The van der Waals surface area contributed by atoms with Crippen LogP contribution < -0.4 is 0 Å². The summed E-state index contributed by atoms with van der Waals surface area (Å²) in [6.45, 7) is 3.84. The number of unbranched alkanes of at least 4 members (excludes halogenated alkanes) is 8. The number of rotatable bonds is 11. The molecular formula is C14H26O3. The van der Waals surface area contributed by atoms with Gasteiger partial charge in [-0.2, -0.15) is 0 Å². The van der Waals surface area contributed by atoms with Gasteiger partial charge in [-0.1, -0.05) is 58.3 Å². The Kier molecular flexibility index (Phi) is 11.0. The van der Waals surface area contributed by atoms with Gasteiger partial charge in [0.05, 0.1) is 6.61 Å². The Morgan fingerprint density at radius 2 is 1.29 bits per heavy atom. The van der Waals surface area contributed by atoms with Crippen molar-refractivity contribution >= 4 is 11.8 Å². The number of esters is 1. The molecule has 100 valence electrons. The molecule has 0 aromatic rings. The second kappa shape index (κ2) is 11.6. The quantitative estimate of drug-likeness (QED) is 0.315. The number of hydrogen-bond donors (Lipinski definition) is 0. The summed E-state index contributed by atoms with van der Waals surface area (Å²) in [6.07, 6.45) is 11.1. The summed E-state index contributed by atoms with van der Waals surface area (Å²) in [5.41, 5.74) is 0. The molecule has 0 atom stereocenters. The van der Waals surface area contributed by atoms with Crippen molar-refractivity contribution in [3.63, 3.8) is 0 Å². The Morgan fingerprint density at radius 3 is 1.76 bits per heavy atom. The standard InChI is InChI=1S/C14H26O3/c1-3-4-5-6-7-8-9-10-11-12-17-14(16)13(2)15/h3-12H2,1-2H3. The van der Waals surface area contributed by atoms with Crippen molar-refractivity contribution in [2.75, 3.05) is 6.61 Å². The average molecular weight is 242 g/mol. The first-order valence-electron chi connectivity index (χ1n) is 6.86. The largest absolute Gasteiger partial charge is 0.460 e. The molecule has 0 N–H and O–H groups in total. The van der Waals surface area contributed by atoms with Crippen LogP contribution in [0.4, 0.5) is 0 Å². The molecule has 0 rings (SSSR count). The number of ketones is 1. The highest BCUT2D eigenvalue weighted by Gasteiger charge is 2.07. The molecule has 3 nitrogen and oxygen atoms in total. The van der Waals surface area contributed by atoms with Gasteiger partial charge in [0.15, 0.2) is 0 Å². The zero-order valence-electron chi connectivity index (χ0n) is 11.3. The fraction of sp³-hybridized carbons (Fsp3) is 0.857. The third-order valence-corrected chi connectivity index (χ3v) is 2.77. The number of hydrogen-bond acceptors (Lipinski definition) is 3. The van der Waals surface area contributed by atoms with E-state index in [0.29, 0.717) is 6.61 Å². The van der Waals surface area contributed by atoms with E-state index >= 15 is 0 Å². The van der Waals surface area contributed by atoms with Crippen molar-refractivity contribution in [1.29, 1.82) is 0 Å². The number of ether oxygens (including phenoxy) is 1. The van der Waals surface area contributed by atoms with Crippen molar-refractivity contribution in [2.45, 2.75) is 71.6 Å². The predicted molar refractivity (Wildman–Crippen MR) is 68.9 cm³/mol. The zero-order valence-corrected chi connectivity index (χ0v) is 11.3. The maximum atomic E-state index is 10.8. The fourth-order valence-corrected chi connectivity index (χ4v) is 1.68. The highest BCUT2D eigenvalue weighted by Crippen LogP contribution is 2.09. The van der Waals surface area contributed by atoms with Gasteiger partial charge in [0.25, 0.3) is 0 Å². The fourth-order valence-electron chi connectivity index (χ4n) is 1.68. The summed E-state index contributed by atoms with van der Waals surface area (Å²) in [5.74, 6) is -1.22. The Bertz CT molecular complexity index is 212. The van der Waals surface area contributed by atoms with E-state index in [1.165, 1.54) is 51.9 Å². The Morgan fingerprint density at radius 1 is 0.824 bits per heavy atom. The van der Waals surface area contributed by atoms with Gasteiger partial charge in [0.2, 0.25) is 5.78 Å². The van der Waals surface area contributed by atoms with Gasteiger partial charge in [0.1, 0.15) is 0 Å². The maximum absolute atomic E-state index is 10.8. The van der Waals surface area contributed by atoms with Gasteiger partial charge >= 0.3 is 5.97 Å². The van der Waals surface area contributed by atoms with Crippen LogP contribution in [0.1, 0.15) is 71.6 Å². The maximum Gasteiger partial charge on any atom is 0.374 e. The van der Waals surface area contributed by atoms with Crippen LogP contribution >= 0.6 is 0 Å². The molecule has 17 heavy (non-hydrogen) atoms. The van der Waals surface area contributed by atoms with E-state index in [9.17, 15) is 9.59 Å². The van der Waals surface area contributed by atoms with Gasteiger partial charge in [-0.15, -0.1) is 0 Å². The summed E-state index contributed by atoms with van der Waals surface area (Å²) in [4.78, 5) is 21.4. The monoisotopic (exact) mass is 242 g/mol. The topological polar surface area (TPSA) is 43.4 Å². The van der Waals surface area contributed by atoms with Crippen LogP contribution in [0.5, 0.6) is 0 Å². The number of Topliss-reactive ketones (excluding diaryl/α,β-unsaturated/α-hetero) is 1. The zero-order chi connectivity index (χ0) is 12.9. The second-order valence-corrected chi connectivity index (χ2v) is 4.52. The van der Waals surface area contributed by atoms with Crippen LogP contribution in [0.15, 0.2) is 0 Å². The minimum atomic E-state index is -0.704. The Balaban J connectivity index is 3.08. The molecule has 0 fully saturated rings. The van der Waals surface area contributed by atoms with Crippen LogP contribution in [0.3, 0.4) is 0 Å². The van der Waals surface area contributed by atoms with Crippen molar-refractivity contribution in [3.05, 3.63) is 0 Å². The molecule has 0 saturated carbocycles. The third-order valence-electron chi connectivity index (χ3n) is 2.77. The van der Waals surface area contributed by atoms with Crippen molar-refractivity contribution in [1.82, 2.24) is 0 Å². The molecule has 0 unspecified atom stereocenters. The lowest BCUT2D eigenvalue weighted by atomic mass is 10.1. The summed E-state index contributed by atoms with van der Waals surface area (Å²) < 4.78 is 4.77. The minimum Gasteiger partial charge on any atom is -0.460 e. The number of carbonyl (C=O) groups is 2. The van der Waals surface area contributed by atoms with Crippen molar-refractivity contribution in [3.8, 4) is 0 Å². The van der Waals surface area contributed by atoms with E-state index in [4.69, 9.17) is 4.74 Å². The second-order valence-electron chi connectivity index (χ2n) is 4.52. The summed E-state index contributed by atoms with van der Waals surface area (Å²) >= 11 is 0. The van der Waals surface area contributed by atoms with Gasteiger partial charge in [-0.3, -0.25) is 4.79 Å². The van der Waals surface area contributed by atoms with Crippen LogP contribution in [0.25, 0.3) is 0 Å². The van der Waals surface area contributed by atoms with Crippen LogP contribution in [-0.4, -0.2) is 18.4 Å². The summed E-state index contributed by atoms with van der Waals surface area (Å²) in [5, 5.41) is 0. The summed E-state index contributed by atoms with van der Waals surface area (Å²) in [6, 6.07) is 0. The molecule has 0 aromatic heterocycles. The molecule has 0 heterocycles. The van der Waals surface area contributed by atoms with E-state index in [1.807, 2.05) is 0 Å². The predicted octanol–water partition coefficient (Wildman–Crippen LogP) is 3.65. The first kappa shape index (κ1) is 16.1. The van der Waals surface area contributed by atoms with Gasteiger partial charge in [0, 0.05) is 6.92 Å². The van der Waals surface area contributed by atoms with Crippen molar-refractivity contribution < 1.29 is 14.3 Å². The van der Waals surface area contributed by atoms with E-state index in [1.54, 1.807) is 0 Å². The molecule has 0 spiro atoms. The molecular weight excluding hydrogens is 216 g/mol. The van der Waals surface area contributed by atoms with Crippen molar-refractivity contribution in [2.24, 2.45) is 0 Å². The Hall–Kier alpha value is -0.860. The van der Waals surface area contributed by atoms with E-state index < -0.39 is 11.8 Å². The van der Waals surface area contributed by atoms with Crippen LogP contribution in [0, 0.1) is 0 Å². The molecule has 0 saturated heterocycles. The van der Waals surface area contributed by atoms with Gasteiger partial charge < -0.3 is 4.74 Å². The molecule has 3 heteroatoms. The molecule has 0 radical (unpaired) electrons.